The summed E-state index contributed by atoms with van der Waals surface area (Å²) < 4.78 is 0. The number of hydrogen-bond acceptors (Lipinski definition) is 12. The Morgan fingerprint density at radius 3 is 1.68 bits per heavy atom. The van der Waals surface area contributed by atoms with Gasteiger partial charge in [-0.2, -0.15) is 0 Å². The van der Waals surface area contributed by atoms with E-state index < -0.39 is 59.7 Å². The summed E-state index contributed by atoms with van der Waals surface area (Å²) in [5.41, 5.74) is 2.60. The van der Waals surface area contributed by atoms with Crippen LogP contribution in [0.5, 0.6) is 0 Å². The van der Waals surface area contributed by atoms with Gasteiger partial charge >= 0.3 is 11.9 Å². The first-order valence-corrected chi connectivity index (χ1v) is 11.3. The van der Waals surface area contributed by atoms with Crippen LogP contribution >= 0.6 is 0 Å². The Kier molecular flexibility index (Phi) is 8.78. The van der Waals surface area contributed by atoms with Gasteiger partial charge in [-0.05, 0) is 0 Å². The van der Waals surface area contributed by atoms with E-state index in [0.29, 0.717) is 10.1 Å². The Bertz CT molecular complexity index is 1030. The molecule has 0 saturated carbocycles. The van der Waals surface area contributed by atoms with Gasteiger partial charge in [0.25, 0.3) is 35.4 Å². The van der Waals surface area contributed by atoms with Gasteiger partial charge in [0.15, 0.2) is 0 Å². The summed E-state index contributed by atoms with van der Waals surface area (Å²) in [6.07, 6.45) is 0.616. The van der Waals surface area contributed by atoms with Crippen LogP contribution < -0.4 is 5.43 Å². The minimum absolute atomic E-state index is 0.0745. The van der Waals surface area contributed by atoms with Gasteiger partial charge in [-0.1, -0.05) is 0 Å². The molecule has 2 saturated heterocycles. The summed E-state index contributed by atoms with van der Waals surface area (Å²) >= 11 is 0. The van der Waals surface area contributed by atoms with E-state index in [1.807, 2.05) is 0 Å². The lowest BCUT2D eigenvalue weighted by Crippen LogP contribution is -2.47. The first kappa shape index (κ1) is 27.1. The van der Waals surface area contributed by atoms with Gasteiger partial charge < -0.3 is 9.68 Å². The Morgan fingerprint density at radius 1 is 0.730 bits per heavy atom. The van der Waals surface area contributed by atoms with Gasteiger partial charge in [0.2, 0.25) is 5.91 Å². The maximum Gasteiger partial charge on any atom is 0.335 e. The highest BCUT2D eigenvalue weighted by Gasteiger charge is 2.34. The molecule has 0 atom stereocenters. The molecule has 198 valence electrons. The number of carbonyl (C=O) groups excluding carboxylic acids is 9. The molecule has 37 heavy (non-hydrogen) atoms. The fourth-order valence-corrected chi connectivity index (χ4v) is 3.39. The van der Waals surface area contributed by atoms with Gasteiger partial charge in [-0.3, -0.25) is 43.5 Å². The maximum atomic E-state index is 12.7. The predicted octanol–water partition coefficient (Wildman–Crippen LogP) is -2.37. The van der Waals surface area contributed by atoms with E-state index in [-0.39, 0.29) is 58.2 Å². The molecule has 0 aliphatic carbocycles. The second kappa shape index (κ2) is 12.0. The molecule has 0 aromatic rings. The molecule has 0 aromatic heterocycles. The van der Waals surface area contributed by atoms with Crippen LogP contribution in [0.15, 0.2) is 12.2 Å². The molecule has 0 radical (unpaired) electrons. The second-order valence-corrected chi connectivity index (χ2v) is 7.96. The summed E-state index contributed by atoms with van der Waals surface area (Å²) in [5, 5.41) is 1.67. The molecule has 16 nitrogen and oxygen atoms in total. The van der Waals surface area contributed by atoms with E-state index in [1.54, 1.807) is 0 Å². The molecule has 3 heterocycles. The normalized spacial score (nSPS) is 17.4. The van der Waals surface area contributed by atoms with Crippen molar-refractivity contribution in [2.75, 3.05) is 19.6 Å². The van der Waals surface area contributed by atoms with Crippen molar-refractivity contribution in [3.63, 3.8) is 0 Å². The van der Waals surface area contributed by atoms with Crippen molar-refractivity contribution in [1.29, 1.82) is 0 Å². The number of hydrazine groups is 1. The van der Waals surface area contributed by atoms with E-state index in [2.05, 4.69) is 5.43 Å². The summed E-state index contributed by atoms with van der Waals surface area (Å²) in [6, 6.07) is 0. The highest BCUT2D eigenvalue weighted by Crippen LogP contribution is 2.14. The molecule has 3 aliphatic rings. The fourth-order valence-electron chi connectivity index (χ4n) is 3.39. The van der Waals surface area contributed by atoms with E-state index in [4.69, 9.17) is 9.68 Å². The molecular weight excluding hydrogens is 498 g/mol. The molecule has 1 N–H and O–H groups in total. The third-order valence-corrected chi connectivity index (χ3v) is 5.32. The number of amides is 7. The van der Waals surface area contributed by atoms with E-state index >= 15 is 0 Å². The molecule has 2 fully saturated rings. The summed E-state index contributed by atoms with van der Waals surface area (Å²) in [7, 11) is 0. The van der Waals surface area contributed by atoms with E-state index in [0.717, 1.165) is 22.1 Å². The van der Waals surface area contributed by atoms with Crippen molar-refractivity contribution in [3.8, 4) is 0 Å². The number of imide groups is 3. The molecule has 0 aromatic carbocycles. The van der Waals surface area contributed by atoms with Gasteiger partial charge in [0.1, 0.15) is 0 Å². The van der Waals surface area contributed by atoms with Crippen LogP contribution in [-0.4, -0.2) is 93.0 Å². The maximum absolute atomic E-state index is 12.7. The lowest BCUT2D eigenvalue weighted by molar-refractivity contribution is -0.198. The van der Waals surface area contributed by atoms with Crippen LogP contribution in [0, 0.1) is 0 Å². The Morgan fingerprint density at radius 2 is 1.19 bits per heavy atom. The standard InChI is InChI=1S/C21H23N5O11/c27-13-1-2-14(28)23(13)11-8-15(29)24(12-9-21(35)37-26-18(32)5-6-19(26)33)22-10-7-20(34)36-25-16(30)3-4-17(25)31/h1-2,22H,3-12H2. The average molecular weight is 521 g/mol. The number of carbonyl (C=O) groups is 9. The summed E-state index contributed by atoms with van der Waals surface area (Å²) in [5.74, 6) is -6.42. The molecule has 0 spiro atoms. The SMILES string of the molecule is O=C(CCNN(CCC(=O)ON1C(=O)CCC1=O)C(=O)CCN1C(=O)C=CC1=O)ON1C(=O)CCC1=O. The zero-order chi connectivity index (χ0) is 27.1. The molecule has 16 heteroatoms. The number of nitrogens with one attached hydrogen (secondary N) is 1. The van der Waals surface area contributed by atoms with E-state index in [1.165, 1.54) is 0 Å². The Balaban J connectivity index is 1.52. The number of nitrogens with zero attached hydrogens (tertiary/aromatic N) is 4. The molecule has 7 amide bonds. The Labute approximate surface area is 208 Å². The van der Waals surface area contributed by atoms with Crippen LogP contribution in [0.1, 0.15) is 44.9 Å². The summed E-state index contributed by atoms with van der Waals surface area (Å²) in [4.78, 5) is 117. The smallest absolute Gasteiger partial charge is 0.330 e. The second-order valence-electron chi connectivity index (χ2n) is 7.96. The van der Waals surface area contributed by atoms with Crippen molar-refractivity contribution in [2.45, 2.75) is 44.9 Å². The minimum Gasteiger partial charge on any atom is -0.330 e. The van der Waals surface area contributed by atoms with Gasteiger partial charge in [-0.25, -0.2) is 15.0 Å². The van der Waals surface area contributed by atoms with Gasteiger partial charge in [0, 0.05) is 63.9 Å². The van der Waals surface area contributed by atoms with Crippen LogP contribution in [0.3, 0.4) is 0 Å². The molecule has 3 aliphatic heterocycles. The topological polar surface area (TPSA) is 197 Å². The monoisotopic (exact) mass is 521 g/mol. The quantitative estimate of drug-likeness (QED) is 0.212. The van der Waals surface area contributed by atoms with Crippen molar-refractivity contribution >= 4 is 53.3 Å². The largest absolute Gasteiger partial charge is 0.335 e. The minimum atomic E-state index is -0.984. The van der Waals surface area contributed by atoms with Crippen molar-refractivity contribution < 1.29 is 52.8 Å². The molecule has 0 bridgehead atoms. The molecule has 0 unspecified atom stereocenters. The van der Waals surface area contributed by atoms with Crippen molar-refractivity contribution in [3.05, 3.63) is 12.2 Å². The third kappa shape index (κ3) is 7.03. The predicted molar refractivity (Wildman–Crippen MR) is 114 cm³/mol. The van der Waals surface area contributed by atoms with Crippen molar-refractivity contribution in [1.82, 2.24) is 25.5 Å². The number of hydrogen-bond donors (Lipinski definition) is 1. The van der Waals surface area contributed by atoms with Crippen molar-refractivity contribution in [2.24, 2.45) is 0 Å². The summed E-state index contributed by atoms with van der Waals surface area (Å²) in [6.45, 7) is -0.793. The van der Waals surface area contributed by atoms with Crippen LogP contribution in [-0.2, 0) is 52.8 Å². The lowest BCUT2D eigenvalue weighted by atomic mass is 10.3. The molecular formula is C21H23N5O11. The van der Waals surface area contributed by atoms with Crippen LogP contribution in [0.2, 0.25) is 0 Å². The zero-order valence-corrected chi connectivity index (χ0v) is 19.5. The average Bonchev–Trinajstić information content (AvgIpc) is 3.47. The fraction of sp³-hybridized carbons (Fsp3) is 0.476. The highest BCUT2D eigenvalue weighted by molar-refractivity contribution is 6.13. The lowest BCUT2D eigenvalue weighted by Gasteiger charge is -2.24. The van der Waals surface area contributed by atoms with Gasteiger partial charge in [-0.15, -0.1) is 10.1 Å². The first-order valence-electron chi connectivity index (χ1n) is 11.3. The number of rotatable bonds is 12. The van der Waals surface area contributed by atoms with Crippen LogP contribution in [0.25, 0.3) is 0 Å². The Hall–Kier alpha value is -4.47. The number of hydroxylamine groups is 4. The van der Waals surface area contributed by atoms with Gasteiger partial charge in [0.05, 0.1) is 12.8 Å². The van der Waals surface area contributed by atoms with Crippen LogP contribution in [0.4, 0.5) is 0 Å². The zero-order valence-electron chi connectivity index (χ0n) is 19.5. The highest BCUT2D eigenvalue weighted by atomic mass is 16.7. The first-order chi connectivity index (χ1) is 17.6. The molecule has 3 rings (SSSR count). The van der Waals surface area contributed by atoms with E-state index in [9.17, 15) is 43.2 Å². The third-order valence-electron chi connectivity index (χ3n) is 5.32.